The van der Waals surface area contributed by atoms with E-state index in [1.807, 2.05) is 31.2 Å². The van der Waals surface area contributed by atoms with Gasteiger partial charge in [-0.2, -0.15) is 5.10 Å². The number of carbonyl (C=O) groups excluding carboxylic acids is 1. The molecule has 0 spiro atoms. The number of nitrogens with two attached hydrogens (primary N) is 1. The van der Waals surface area contributed by atoms with Gasteiger partial charge in [-0.15, -0.1) is 0 Å². The lowest BCUT2D eigenvalue weighted by molar-refractivity contribution is 0.249. The molecule has 1 aromatic carbocycles. The highest BCUT2D eigenvalue weighted by Gasteiger charge is 2.15. The van der Waals surface area contributed by atoms with E-state index in [9.17, 15) is 4.79 Å². The number of amides is 2. The van der Waals surface area contributed by atoms with Crippen molar-refractivity contribution in [1.82, 2.24) is 5.43 Å². The molecule has 0 saturated carbocycles. The van der Waals surface area contributed by atoms with Gasteiger partial charge in [0.2, 0.25) is 0 Å². The molecule has 0 fully saturated rings. The average Bonchev–Trinajstić information content (AvgIpc) is 2.43. The minimum Gasteiger partial charge on any atom is -0.497 e. The van der Waals surface area contributed by atoms with E-state index >= 15 is 0 Å². The molecule has 1 unspecified atom stereocenters. The minimum absolute atomic E-state index is 0.169. The van der Waals surface area contributed by atoms with E-state index in [2.05, 4.69) is 17.5 Å². The summed E-state index contributed by atoms with van der Waals surface area (Å²) < 4.78 is 5.14. The number of methoxy groups -OCH3 is 1. The predicted octanol–water partition coefficient (Wildman–Crippen LogP) is 2.62. The lowest BCUT2D eigenvalue weighted by atomic mass is 9.90. The van der Waals surface area contributed by atoms with Crippen LogP contribution in [-0.2, 0) is 0 Å². The Bertz CT molecular complexity index is 441. The number of primary amides is 1. The van der Waals surface area contributed by atoms with E-state index in [4.69, 9.17) is 10.5 Å². The summed E-state index contributed by atoms with van der Waals surface area (Å²) in [5.41, 5.74) is 9.40. The number of hydrazone groups is 1. The molecule has 0 saturated heterocycles. The smallest absolute Gasteiger partial charge is 0.332 e. The van der Waals surface area contributed by atoms with Crippen molar-refractivity contribution in [2.24, 2.45) is 10.8 Å². The average molecular weight is 263 g/mol. The fraction of sp³-hybridized carbons (Fsp3) is 0.429. The molecule has 0 aliphatic carbocycles. The Morgan fingerprint density at radius 2 is 2.00 bits per heavy atom. The van der Waals surface area contributed by atoms with E-state index < -0.39 is 6.03 Å². The van der Waals surface area contributed by atoms with Crippen molar-refractivity contribution in [3.05, 3.63) is 29.8 Å². The molecule has 0 bridgehead atoms. The van der Waals surface area contributed by atoms with E-state index in [-0.39, 0.29) is 5.92 Å². The summed E-state index contributed by atoms with van der Waals surface area (Å²) in [6.07, 6.45) is 1.66. The third kappa shape index (κ3) is 4.28. The maximum absolute atomic E-state index is 10.7. The van der Waals surface area contributed by atoms with Crippen molar-refractivity contribution >= 4 is 11.7 Å². The number of nitrogens with one attached hydrogen (secondary N) is 1. The summed E-state index contributed by atoms with van der Waals surface area (Å²) in [6, 6.07) is 7.24. The second-order valence-electron chi connectivity index (χ2n) is 4.17. The molecule has 0 aliphatic heterocycles. The zero-order valence-corrected chi connectivity index (χ0v) is 11.6. The van der Waals surface area contributed by atoms with Crippen LogP contribution in [0.5, 0.6) is 5.75 Å². The number of hydrogen-bond donors (Lipinski definition) is 2. The van der Waals surface area contributed by atoms with Crippen LogP contribution in [0.4, 0.5) is 4.79 Å². The molecule has 0 aliphatic rings. The Balaban J connectivity index is 2.95. The van der Waals surface area contributed by atoms with Crippen LogP contribution in [0.15, 0.2) is 29.4 Å². The zero-order valence-electron chi connectivity index (χ0n) is 11.6. The number of rotatable bonds is 6. The Morgan fingerprint density at radius 1 is 1.37 bits per heavy atom. The Labute approximate surface area is 113 Å². The van der Waals surface area contributed by atoms with Crippen LogP contribution in [0.1, 0.15) is 38.2 Å². The highest BCUT2D eigenvalue weighted by atomic mass is 16.5. The van der Waals surface area contributed by atoms with Gasteiger partial charge in [0, 0.05) is 11.6 Å². The summed E-state index contributed by atoms with van der Waals surface area (Å²) in [7, 11) is 1.64. The first kappa shape index (κ1) is 15.0. The van der Waals surface area contributed by atoms with Crippen molar-refractivity contribution in [2.45, 2.75) is 32.6 Å². The fourth-order valence-corrected chi connectivity index (χ4v) is 2.03. The minimum atomic E-state index is -0.643. The number of urea groups is 1. The van der Waals surface area contributed by atoms with Gasteiger partial charge in [-0.1, -0.05) is 26.0 Å². The van der Waals surface area contributed by atoms with E-state index in [0.29, 0.717) is 0 Å². The van der Waals surface area contributed by atoms with Crippen LogP contribution in [0.3, 0.4) is 0 Å². The van der Waals surface area contributed by atoms with Crippen LogP contribution in [0.25, 0.3) is 0 Å². The van der Waals surface area contributed by atoms with Gasteiger partial charge in [-0.05, 0) is 30.5 Å². The molecule has 0 heterocycles. The first-order chi connectivity index (χ1) is 9.12. The van der Waals surface area contributed by atoms with Gasteiger partial charge in [0.25, 0.3) is 0 Å². The second kappa shape index (κ2) is 7.41. The molecule has 19 heavy (non-hydrogen) atoms. The molecule has 3 N–H and O–H groups in total. The van der Waals surface area contributed by atoms with E-state index in [1.54, 1.807) is 7.11 Å². The standard InChI is InChI=1S/C14H21N3O2/c1-4-12(13(5-2)16-17-14(15)18)10-6-8-11(19-3)9-7-10/h6-9,12H,4-5H2,1-3H3,(H3,15,17,18)/b16-13+. The SMILES string of the molecule is CC/C(=N\NC(N)=O)C(CC)c1ccc(OC)cc1. The quantitative estimate of drug-likeness (QED) is 0.611. The Kier molecular flexibility index (Phi) is 5.85. The van der Waals surface area contributed by atoms with Gasteiger partial charge in [0.15, 0.2) is 0 Å². The van der Waals surface area contributed by atoms with Crippen LogP contribution >= 0.6 is 0 Å². The zero-order chi connectivity index (χ0) is 14.3. The largest absolute Gasteiger partial charge is 0.497 e. The maximum Gasteiger partial charge on any atom is 0.332 e. The van der Waals surface area contributed by atoms with Crippen LogP contribution in [0, 0.1) is 0 Å². The highest BCUT2D eigenvalue weighted by molar-refractivity contribution is 5.91. The molecule has 1 atom stereocenters. The molecular formula is C14H21N3O2. The lowest BCUT2D eigenvalue weighted by Crippen LogP contribution is -2.27. The third-order valence-electron chi connectivity index (χ3n) is 3.00. The predicted molar refractivity (Wildman–Crippen MR) is 76.5 cm³/mol. The Morgan fingerprint density at radius 3 is 2.42 bits per heavy atom. The molecule has 5 nitrogen and oxygen atoms in total. The molecule has 104 valence electrons. The van der Waals surface area contributed by atoms with Gasteiger partial charge in [-0.3, -0.25) is 0 Å². The molecular weight excluding hydrogens is 242 g/mol. The van der Waals surface area contributed by atoms with Gasteiger partial charge in [0.05, 0.1) is 7.11 Å². The number of carbonyl (C=O) groups is 1. The van der Waals surface area contributed by atoms with Crippen molar-refractivity contribution in [1.29, 1.82) is 0 Å². The monoisotopic (exact) mass is 263 g/mol. The maximum atomic E-state index is 10.7. The lowest BCUT2D eigenvalue weighted by Gasteiger charge is -2.17. The molecule has 1 aromatic rings. The van der Waals surface area contributed by atoms with Crippen LogP contribution in [0.2, 0.25) is 0 Å². The number of nitrogens with zero attached hydrogens (tertiary/aromatic N) is 1. The van der Waals surface area contributed by atoms with Crippen molar-refractivity contribution in [2.75, 3.05) is 7.11 Å². The van der Waals surface area contributed by atoms with Gasteiger partial charge in [-0.25, -0.2) is 10.2 Å². The molecule has 1 rings (SSSR count). The normalized spacial score (nSPS) is 12.9. The first-order valence-corrected chi connectivity index (χ1v) is 6.38. The molecule has 0 aromatic heterocycles. The number of hydrogen-bond acceptors (Lipinski definition) is 3. The van der Waals surface area contributed by atoms with Crippen molar-refractivity contribution < 1.29 is 9.53 Å². The van der Waals surface area contributed by atoms with Crippen molar-refractivity contribution in [3.8, 4) is 5.75 Å². The summed E-state index contributed by atoms with van der Waals surface area (Å²) in [5, 5.41) is 4.09. The molecule has 0 radical (unpaired) electrons. The second-order valence-corrected chi connectivity index (χ2v) is 4.17. The summed E-state index contributed by atoms with van der Waals surface area (Å²) in [4.78, 5) is 10.7. The van der Waals surface area contributed by atoms with E-state index in [0.717, 1.165) is 29.9 Å². The summed E-state index contributed by atoms with van der Waals surface area (Å²) >= 11 is 0. The molecule has 5 heteroatoms. The van der Waals surface area contributed by atoms with Crippen molar-refractivity contribution in [3.63, 3.8) is 0 Å². The van der Waals surface area contributed by atoms with E-state index in [1.165, 1.54) is 0 Å². The van der Waals surface area contributed by atoms with Gasteiger partial charge < -0.3 is 10.5 Å². The van der Waals surface area contributed by atoms with Crippen LogP contribution < -0.4 is 15.9 Å². The highest BCUT2D eigenvalue weighted by Crippen LogP contribution is 2.24. The van der Waals surface area contributed by atoms with Gasteiger partial charge >= 0.3 is 6.03 Å². The number of ether oxygens (including phenoxy) is 1. The first-order valence-electron chi connectivity index (χ1n) is 6.38. The summed E-state index contributed by atoms with van der Waals surface area (Å²) in [6.45, 7) is 4.10. The number of benzene rings is 1. The third-order valence-corrected chi connectivity index (χ3v) is 3.00. The Hall–Kier alpha value is -2.04. The molecule has 2 amide bonds. The summed E-state index contributed by atoms with van der Waals surface area (Å²) in [5.74, 6) is 0.992. The van der Waals surface area contributed by atoms with Gasteiger partial charge in [0.1, 0.15) is 5.75 Å². The topological polar surface area (TPSA) is 76.7 Å². The van der Waals surface area contributed by atoms with Crippen LogP contribution in [-0.4, -0.2) is 18.9 Å². The fourth-order valence-electron chi connectivity index (χ4n) is 2.03.